The van der Waals surface area contributed by atoms with E-state index in [0.717, 1.165) is 66.7 Å². The molecule has 28 heavy (non-hydrogen) atoms. The fraction of sp³-hybridized carbons (Fsp3) is 0.409. The van der Waals surface area contributed by atoms with Crippen LogP contribution in [-0.4, -0.2) is 61.7 Å². The number of hydrogen-bond donors (Lipinski definition) is 0. The molecule has 6 nitrogen and oxygen atoms in total. The van der Waals surface area contributed by atoms with E-state index in [9.17, 15) is 4.79 Å². The van der Waals surface area contributed by atoms with Gasteiger partial charge in [-0.2, -0.15) is 0 Å². The van der Waals surface area contributed by atoms with Crippen LogP contribution in [0, 0.1) is 0 Å². The van der Waals surface area contributed by atoms with Crippen molar-refractivity contribution in [2.24, 2.45) is 4.99 Å². The number of nitrogens with zero attached hydrogens (tertiary/aromatic N) is 4. The second-order valence-electron chi connectivity index (χ2n) is 7.36. The number of carbonyl (C=O) groups is 1. The molecule has 1 aromatic heterocycles. The van der Waals surface area contributed by atoms with Crippen molar-refractivity contribution in [3.63, 3.8) is 0 Å². The molecule has 0 unspecified atom stereocenters. The first kappa shape index (κ1) is 18.6. The van der Waals surface area contributed by atoms with Gasteiger partial charge in [-0.3, -0.25) is 4.79 Å². The van der Waals surface area contributed by atoms with Gasteiger partial charge in [-0.25, -0.2) is 9.98 Å². The van der Waals surface area contributed by atoms with Gasteiger partial charge in [0.2, 0.25) is 0 Å². The van der Waals surface area contributed by atoms with Crippen LogP contribution >= 0.6 is 0 Å². The van der Waals surface area contributed by atoms with E-state index in [-0.39, 0.29) is 12.2 Å². The lowest BCUT2D eigenvalue weighted by Gasteiger charge is -2.33. The Morgan fingerprint density at radius 2 is 1.93 bits per heavy atom. The van der Waals surface area contributed by atoms with Crippen LogP contribution in [0.4, 0.5) is 11.5 Å². The van der Waals surface area contributed by atoms with Crippen LogP contribution in [0.3, 0.4) is 0 Å². The minimum atomic E-state index is 0.103. The topological polar surface area (TPSA) is 58.0 Å². The number of ketones is 1. The number of aliphatic imine (C=N–C) groups is 1. The summed E-state index contributed by atoms with van der Waals surface area (Å²) in [6, 6.07) is 9.75. The molecule has 0 radical (unpaired) electrons. The van der Waals surface area contributed by atoms with Gasteiger partial charge in [0.25, 0.3) is 0 Å². The molecule has 0 aliphatic carbocycles. The molecule has 1 aromatic carbocycles. The Bertz CT molecular complexity index is 930. The van der Waals surface area contributed by atoms with Gasteiger partial charge in [0, 0.05) is 37.8 Å². The third-order valence-electron chi connectivity index (χ3n) is 5.51. The number of rotatable bonds is 4. The van der Waals surface area contributed by atoms with Crippen LogP contribution in [0.1, 0.15) is 35.0 Å². The van der Waals surface area contributed by atoms with Gasteiger partial charge in [0.1, 0.15) is 11.6 Å². The summed E-state index contributed by atoms with van der Waals surface area (Å²) in [6.07, 6.45) is 1.05. The number of fused-ring (bicyclic) bond motifs is 1. The molecule has 0 N–H and O–H groups in total. The van der Waals surface area contributed by atoms with Crippen LogP contribution in [0.2, 0.25) is 0 Å². The molecule has 2 aliphatic heterocycles. The number of piperazine rings is 1. The van der Waals surface area contributed by atoms with Gasteiger partial charge in [0.15, 0.2) is 5.78 Å². The highest BCUT2D eigenvalue weighted by molar-refractivity contribution is 6.21. The number of likely N-dealkylation sites (N-methyl/N-ethyl adjacent to an activating group) is 1. The summed E-state index contributed by atoms with van der Waals surface area (Å²) in [4.78, 5) is 27.2. The molecule has 1 fully saturated rings. The number of methoxy groups -OCH3 is 1. The van der Waals surface area contributed by atoms with Crippen molar-refractivity contribution < 1.29 is 9.53 Å². The summed E-state index contributed by atoms with van der Waals surface area (Å²) in [5, 5.41) is 0. The van der Waals surface area contributed by atoms with E-state index in [2.05, 4.69) is 16.8 Å². The van der Waals surface area contributed by atoms with Crippen molar-refractivity contribution in [3.05, 3.63) is 47.2 Å². The van der Waals surface area contributed by atoms with Gasteiger partial charge >= 0.3 is 0 Å². The molecular formula is C22H26N4O2. The van der Waals surface area contributed by atoms with Crippen LogP contribution in [0.5, 0.6) is 5.75 Å². The molecule has 0 bridgehead atoms. The summed E-state index contributed by atoms with van der Waals surface area (Å²) in [5.74, 6) is 1.78. The van der Waals surface area contributed by atoms with Crippen molar-refractivity contribution in [1.29, 1.82) is 0 Å². The highest BCUT2D eigenvalue weighted by atomic mass is 16.5. The maximum Gasteiger partial charge on any atom is 0.171 e. The summed E-state index contributed by atoms with van der Waals surface area (Å²) >= 11 is 0. The van der Waals surface area contributed by atoms with E-state index >= 15 is 0 Å². The number of Topliss-reactive ketones (excluding diaryl/α,β-unsaturated/α-hetero) is 1. The summed E-state index contributed by atoms with van der Waals surface area (Å²) in [6.45, 7) is 6.01. The van der Waals surface area contributed by atoms with Crippen molar-refractivity contribution in [2.75, 3.05) is 45.2 Å². The Balaban J connectivity index is 1.70. The van der Waals surface area contributed by atoms with Gasteiger partial charge in [0.05, 0.1) is 30.6 Å². The monoisotopic (exact) mass is 378 g/mol. The minimum absolute atomic E-state index is 0.103. The SMILES string of the molecule is CCc1cc(OC)cc2c1C(=O)CC(c1cccc(N3CCN(C)CC3)n1)=N2. The molecule has 0 spiro atoms. The zero-order valence-corrected chi connectivity index (χ0v) is 16.7. The predicted octanol–water partition coefficient (Wildman–Crippen LogP) is 3.11. The van der Waals surface area contributed by atoms with Crippen molar-refractivity contribution in [3.8, 4) is 5.75 Å². The van der Waals surface area contributed by atoms with E-state index in [1.807, 2.05) is 37.3 Å². The maximum atomic E-state index is 12.9. The fourth-order valence-corrected chi connectivity index (χ4v) is 3.83. The number of hydrogen-bond acceptors (Lipinski definition) is 6. The quantitative estimate of drug-likeness (QED) is 0.818. The number of aromatic nitrogens is 1. The van der Waals surface area contributed by atoms with Gasteiger partial charge < -0.3 is 14.5 Å². The Kier molecular flexibility index (Phi) is 5.13. The largest absolute Gasteiger partial charge is 0.497 e. The normalized spacial score (nSPS) is 17.3. The van der Waals surface area contributed by atoms with E-state index in [0.29, 0.717) is 5.69 Å². The van der Waals surface area contributed by atoms with Crippen molar-refractivity contribution in [1.82, 2.24) is 9.88 Å². The van der Waals surface area contributed by atoms with Gasteiger partial charge in [-0.05, 0) is 37.2 Å². The summed E-state index contributed by atoms with van der Waals surface area (Å²) in [5.41, 5.74) is 3.90. The first-order valence-electron chi connectivity index (χ1n) is 9.81. The fourth-order valence-electron chi connectivity index (χ4n) is 3.83. The Hall–Kier alpha value is -2.73. The average Bonchev–Trinajstić information content (AvgIpc) is 2.73. The van der Waals surface area contributed by atoms with E-state index in [4.69, 9.17) is 14.7 Å². The van der Waals surface area contributed by atoms with Gasteiger partial charge in [-0.15, -0.1) is 0 Å². The molecule has 2 aliphatic rings. The lowest BCUT2D eigenvalue weighted by molar-refractivity contribution is 0.0999. The van der Waals surface area contributed by atoms with Crippen LogP contribution in [0.15, 0.2) is 35.3 Å². The van der Waals surface area contributed by atoms with Crippen LogP contribution in [-0.2, 0) is 6.42 Å². The van der Waals surface area contributed by atoms with Crippen LogP contribution < -0.4 is 9.64 Å². The molecule has 0 saturated carbocycles. The molecule has 146 valence electrons. The van der Waals surface area contributed by atoms with Crippen molar-refractivity contribution >= 4 is 23.0 Å². The molecule has 3 heterocycles. The van der Waals surface area contributed by atoms with E-state index < -0.39 is 0 Å². The number of ether oxygens (including phenoxy) is 1. The third kappa shape index (κ3) is 3.52. The highest BCUT2D eigenvalue weighted by Crippen LogP contribution is 2.34. The Morgan fingerprint density at radius 3 is 2.64 bits per heavy atom. The molecule has 1 saturated heterocycles. The number of aryl methyl sites for hydroxylation is 1. The second kappa shape index (κ2) is 7.72. The number of carbonyl (C=O) groups excluding carboxylic acids is 1. The summed E-state index contributed by atoms with van der Waals surface area (Å²) in [7, 11) is 3.78. The molecule has 4 rings (SSSR count). The zero-order chi connectivity index (χ0) is 19.7. The Morgan fingerprint density at radius 1 is 1.14 bits per heavy atom. The maximum absolute atomic E-state index is 12.9. The molecule has 2 aromatic rings. The van der Waals surface area contributed by atoms with Crippen LogP contribution in [0.25, 0.3) is 0 Å². The Labute approximate surface area is 165 Å². The van der Waals surface area contributed by atoms with E-state index in [1.54, 1.807) is 7.11 Å². The average molecular weight is 378 g/mol. The molecular weight excluding hydrogens is 352 g/mol. The summed E-state index contributed by atoms with van der Waals surface area (Å²) < 4.78 is 5.40. The smallest absolute Gasteiger partial charge is 0.171 e. The highest BCUT2D eigenvalue weighted by Gasteiger charge is 2.25. The zero-order valence-electron chi connectivity index (χ0n) is 16.7. The van der Waals surface area contributed by atoms with Crippen molar-refractivity contribution in [2.45, 2.75) is 19.8 Å². The van der Waals surface area contributed by atoms with E-state index in [1.165, 1.54) is 0 Å². The lowest BCUT2D eigenvalue weighted by atomic mass is 9.92. The third-order valence-corrected chi connectivity index (χ3v) is 5.51. The molecule has 0 atom stereocenters. The lowest BCUT2D eigenvalue weighted by Crippen LogP contribution is -2.44. The minimum Gasteiger partial charge on any atom is -0.497 e. The first-order valence-corrected chi connectivity index (χ1v) is 9.81. The standard InChI is InChI=1S/C22H26N4O2/c1-4-15-12-16(28-3)13-19-22(15)20(27)14-18(23-19)17-6-5-7-21(24-17)26-10-8-25(2)9-11-26/h5-7,12-13H,4,8-11,14H2,1-3H3. The first-order chi connectivity index (χ1) is 13.6. The molecule has 0 amide bonds. The number of benzene rings is 1. The predicted molar refractivity (Wildman–Crippen MR) is 111 cm³/mol. The number of pyridine rings is 1. The van der Waals surface area contributed by atoms with Gasteiger partial charge in [-0.1, -0.05) is 13.0 Å². The number of anilines is 1. The molecule has 6 heteroatoms. The second-order valence-corrected chi connectivity index (χ2v) is 7.36.